The van der Waals surface area contributed by atoms with Crippen LogP contribution in [0.15, 0.2) is 0 Å². The SMILES string of the molecule is CCCC(=O)OCC[C@@H](C)O. The topological polar surface area (TPSA) is 46.5 Å². The van der Waals surface area contributed by atoms with Gasteiger partial charge in [-0.05, 0) is 13.3 Å². The molecule has 0 rings (SSSR count). The van der Waals surface area contributed by atoms with Gasteiger partial charge in [-0.15, -0.1) is 0 Å². The van der Waals surface area contributed by atoms with Gasteiger partial charge in [0.05, 0.1) is 12.7 Å². The van der Waals surface area contributed by atoms with Gasteiger partial charge >= 0.3 is 5.97 Å². The Balaban J connectivity index is 3.17. The van der Waals surface area contributed by atoms with E-state index in [9.17, 15) is 4.79 Å². The molecule has 0 amide bonds. The lowest BCUT2D eigenvalue weighted by Crippen LogP contribution is -2.10. The first-order valence-corrected chi connectivity index (χ1v) is 4.00. The fraction of sp³-hybridized carbons (Fsp3) is 0.875. The van der Waals surface area contributed by atoms with Crippen molar-refractivity contribution < 1.29 is 14.6 Å². The van der Waals surface area contributed by atoms with Crippen LogP contribution >= 0.6 is 0 Å². The second-order valence-electron chi connectivity index (χ2n) is 2.61. The van der Waals surface area contributed by atoms with Gasteiger partial charge in [0.1, 0.15) is 0 Å². The fourth-order valence-corrected chi connectivity index (χ4v) is 0.620. The average molecular weight is 160 g/mol. The summed E-state index contributed by atoms with van der Waals surface area (Å²) in [5.41, 5.74) is 0. The Morgan fingerprint density at radius 2 is 2.27 bits per heavy atom. The lowest BCUT2D eigenvalue weighted by molar-refractivity contribution is -0.144. The van der Waals surface area contributed by atoms with Crippen LogP contribution in [0.1, 0.15) is 33.1 Å². The number of carbonyl (C=O) groups is 1. The van der Waals surface area contributed by atoms with E-state index in [1.54, 1.807) is 6.92 Å². The largest absolute Gasteiger partial charge is 0.466 e. The van der Waals surface area contributed by atoms with E-state index in [1.165, 1.54) is 0 Å². The molecule has 0 aromatic carbocycles. The van der Waals surface area contributed by atoms with Gasteiger partial charge in [-0.1, -0.05) is 6.92 Å². The Labute approximate surface area is 67.4 Å². The molecule has 3 nitrogen and oxygen atoms in total. The van der Waals surface area contributed by atoms with Crippen LogP contribution in [0.25, 0.3) is 0 Å². The summed E-state index contributed by atoms with van der Waals surface area (Å²) >= 11 is 0. The second kappa shape index (κ2) is 6.16. The molecule has 66 valence electrons. The maximum atomic E-state index is 10.7. The van der Waals surface area contributed by atoms with Gasteiger partial charge in [0.25, 0.3) is 0 Å². The van der Waals surface area contributed by atoms with Crippen LogP contribution in [-0.4, -0.2) is 23.8 Å². The molecule has 0 aromatic heterocycles. The summed E-state index contributed by atoms with van der Waals surface area (Å²) < 4.78 is 4.79. The van der Waals surface area contributed by atoms with Gasteiger partial charge in [-0.25, -0.2) is 0 Å². The highest BCUT2D eigenvalue weighted by atomic mass is 16.5. The number of hydrogen-bond acceptors (Lipinski definition) is 3. The molecule has 3 heteroatoms. The van der Waals surface area contributed by atoms with Crippen molar-refractivity contribution in [2.75, 3.05) is 6.61 Å². The minimum Gasteiger partial charge on any atom is -0.466 e. The molecule has 0 saturated heterocycles. The molecule has 0 aliphatic carbocycles. The Bertz CT molecular complexity index is 110. The van der Waals surface area contributed by atoms with Crippen LogP contribution in [0.3, 0.4) is 0 Å². The molecule has 0 aliphatic rings. The molecule has 1 atom stereocenters. The predicted octanol–water partition coefficient (Wildman–Crippen LogP) is 1.10. The molecule has 11 heavy (non-hydrogen) atoms. The first kappa shape index (κ1) is 10.4. The first-order valence-electron chi connectivity index (χ1n) is 4.00. The molecule has 0 bridgehead atoms. The lowest BCUT2D eigenvalue weighted by Gasteiger charge is -2.04. The van der Waals surface area contributed by atoms with E-state index in [0.717, 1.165) is 6.42 Å². The van der Waals surface area contributed by atoms with E-state index >= 15 is 0 Å². The first-order chi connectivity index (χ1) is 5.16. The smallest absolute Gasteiger partial charge is 0.305 e. The van der Waals surface area contributed by atoms with E-state index in [2.05, 4.69) is 0 Å². The zero-order valence-electron chi connectivity index (χ0n) is 7.17. The Morgan fingerprint density at radius 3 is 2.73 bits per heavy atom. The van der Waals surface area contributed by atoms with Gasteiger partial charge in [0.15, 0.2) is 0 Å². The number of ether oxygens (including phenoxy) is 1. The Morgan fingerprint density at radius 1 is 1.64 bits per heavy atom. The van der Waals surface area contributed by atoms with E-state index in [-0.39, 0.29) is 12.1 Å². The molecule has 0 heterocycles. The number of carbonyl (C=O) groups excluding carboxylic acids is 1. The third-order valence-electron chi connectivity index (χ3n) is 1.25. The van der Waals surface area contributed by atoms with Crippen molar-refractivity contribution in [3.05, 3.63) is 0 Å². The zero-order chi connectivity index (χ0) is 8.69. The number of aliphatic hydroxyl groups is 1. The van der Waals surface area contributed by atoms with Crippen molar-refractivity contribution in [3.63, 3.8) is 0 Å². The summed E-state index contributed by atoms with van der Waals surface area (Å²) in [6, 6.07) is 0. The fourth-order valence-electron chi connectivity index (χ4n) is 0.620. The molecular formula is C8H16O3. The molecule has 0 radical (unpaired) electrons. The predicted molar refractivity (Wildman–Crippen MR) is 42.2 cm³/mol. The lowest BCUT2D eigenvalue weighted by atomic mass is 10.3. The molecular weight excluding hydrogens is 144 g/mol. The highest BCUT2D eigenvalue weighted by Gasteiger charge is 2.01. The van der Waals surface area contributed by atoms with E-state index in [1.807, 2.05) is 6.92 Å². The van der Waals surface area contributed by atoms with E-state index in [0.29, 0.717) is 19.4 Å². The summed E-state index contributed by atoms with van der Waals surface area (Å²) in [6.45, 7) is 3.93. The van der Waals surface area contributed by atoms with Gasteiger partial charge in [-0.2, -0.15) is 0 Å². The number of hydrogen-bond donors (Lipinski definition) is 1. The average Bonchev–Trinajstić information content (AvgIpc) is 1.87. The Kier molecular flexibility index (Phi) is 5.84. The summed E-state index contributed by atoms with van der Waals surface area (Å²) in [6.07, 6.45) is 1.42. The molecule has 0 fully saturated rings. The monoisotopic (exact) mass is 160 g/mol. The van der Waals surface area contributed by atoms with Crippen LogP contribution in [0, 0.1) is 0 Å². The number of esters is 1. The Hall–Kier alpha value is -0.570. The molecule has 0 aromatic rings. The molecule has 0 aliphatic heterocycles. The minimum absolute atomic E-state index is 0.173. The van der Waals surface area contributed by atoms with Crippen molar-refractivity contribution in [2.24, 2.45) is 0 Å². The zero-order valence-corrected chi connectivity index (χ0v) is 7.17. The summed E-state index contributed by atoms with van der Waals surface area (Å²) in [7, 11) is 0. The number of rotatable bonds is 5. The molecule has 0 spiro atoms. The van der Waals surface area contributed by atoms with E-state index < -0.39 is 0 Å². The van der Waals surface area contributed by atoms with Crippen molar-refractivity contribution in [3.8, 4) is 0 Å². The van der Waals surface area contributed by atoms with Crippen molar-refractivity contribution in [1.29, 1.82) is 0 Å². The van der Waals surface area contributed by atoms with Crippen molar-refractivity contribution >= 4 is 5.97 Å². The van der Waals surface area contributed by atoms with Gasteiger partial charge < -0.3 is 9.84 Å². The summed E-state index contributed by atoms with van der Waals surface area (Å²) in [5, 5.41) is 8.80. The van der Waals surface area contributed by atoms with Crippen LogP contribution in [0.2, 0.25) is 0 Å². The quantitative estimate of drug-likeness (QED) is 0.612. The standard InChI is InChI=1S/C8H16O3/c1-3-4-8(10)11-6-5-7(2)9/h7,9H,3-6H2,1-2H3/t7-/m1/s1. The maximum absolute atomic E-state index is 10.7. The highest BCUT2D eigenvalue weighted by molar-refractivity contribution is 5.69. The number of aliphatic hydroxyl groups excluding tert-OH is 1. The summed E-state index contributed by atoms with van der Waals surface area (Å²) in [4.78, 5) is 10.7. The highest BCUT2D eigenvalue weighted by Crippen LogP contribution is 1.94. The maximum Gasteiger partial charge on any atom is 0.305 e. The molecule has 0 unspecified atom stereocenters. The van der Waals surface area contributed by atoms with Gasteiger partial charge in [0, 0.05) is 12.8 Å². The van der Waals surface area contributed by atoms with Gasteiger partial charge in [-0.3, -0.25) is 4.79 Å². The normalized spacial score (nSPS) is 12.6. The van der Waals surface area contributed by atoms with Crippen LogP contribution < -0.4 is 0 Å². The summed E-state index contributed by atoms with van der Waals surface area (Å²) in [5.74, 6) is -0.173. The molecule has 1 N–H and O–H groups in total. The second-order valence-corrected chi connectivity index (χ2v) is 2.61. The van der Waals surface area contributed by atoms with E-state index in [4.69, 9.17) is 9.84 Å². The minimum atomic E-state index is -0.385. The van der Waals surface area contributed by atoms with Crippen LogP contribution in [-0.2, 0) is 9.53 Å². The van der Waals surface area contributed by atoms with Crippen molar-refractivity contribution in [1.82, 2.24) is 0 Å². The van der Waals surface area contributed by atoms with Crippen LogP contribution in [0.5, 0.6) is 0 Å². The van der Waals surface area contributed by atoms with Crippen LogP contribution in [0.4, 0.5) is 0 Å². The van der Waals surface area contributed by atoms with Gasteiger partial charge in [0.2, 0.25) is 0 Å². The molecule has 0 saturated carbocycles. The third-order valence-corrected chi connectivity index (χ3v) is 1.25. The van der Waals surface area contributed by atoms with Crippen molar-refractivity contribution in [2.45, 2.75) is 39.2 Å². The third kappa shape index (κ3) is 7.33.